The monoisotopic (exact) mass is 304 g/mol. The predicted octanol–water partition coefficient (Wildman–Crippen LogP) is 3.33. The van der Waals surface area contributed by atoms with Crippen LogP contribution < -0.4 is 5.32 Å². The van der Waals surface area contributed by atoms with Crippen molar-refractivity contribution < 1.29 is 0 Å². The third-order valence-corrected chi connectivity index (χ3v) is 4.12. The predicted molar refractivity (Wildman–Crippen MR) is 76.1 cm³/mol. The van der Waals surface area contributed by atoms with Crippen molar-refractivity contribution >= 4 is 27.3 Å². The smallest absolute Gasteiger partial charge is 0.0701 e. The minimum atomic E-state index is 0.613. The van der Waals surface area contributed by atoms with Crippen molar-refractivity contribution in [2.24, 2.45) is 0 Å². The second kappa shape index (κ2) is 7.43. The number of nitrogens with zero attached hydrogens (tertiary/aromatic N) is 1. The molecule has 1 heterocycles. The summed E-state index contributed by atoms with van der Waals surface area (Å²) >= 11 is 5.25. The average molecular weight is 305 g/mol. The van der Waals surface area contributed by atoms with Crippen LogP contribution in [0, 0.1) is 0 Å². The topological polar surface area (TPSA) is 15.3 Å². The van der Waals surface area contributed by atoms with Crippen LogP contribution in [0.3, 0.4) is 0 Å². The summed E-state index contributed by atoms with van der Waals surface area (Å²) in [4.78, 5) is 2.38. The minimum Gasteiger partial charge on any atom is -0.314 e. The van der Waals surface area contributed by atoms with E-state index < -0.39 is 0 Å². The lowest BCUT2D eigenvalue weighted by atomic mass is 10.2. The van der Waals surface area contributed by atoms with Crippen LogP contribution in [0.25, 0.3) is 0 Å². The van der Waals surface area contributed by atoms with E-state index in [0.717, 1.165) is 19.6 Å². The third-order valence-electron chi connectivity index (χ3n) is 2.57. The van der Waals surface area contributed by atoms with E-state index in [0.29, 0.717) is 6.04 Å². The Kier molecular flexibility index (Phi) is 6.58. The van der Waals surface area contributed by atoms with Gasteiger partial charge in [0, 0.05) is 12.6 Å². The first kappa shape index (κ1) is 14.2. The Balaban J connectivity index is 2.23. The first-order valence-corrected chi connectivity index (χ1v) is 7.44. The molecule has 1 N–H and O–H groups in total. The summed E-state index contributed by atoms with van der Waals surface area (Å²) in [5.41, 5.74) is 1.40. The molecule has 0 saturated heterocycles. The molecule has 92 valence electrons. The van der Waals surface area contributed by atoms with Crippen molar-refractivity contribution in [3.05, 3.63) is 20.8 Å². The van der Waals surface area contributed by atoms with Crippen LogP contribution in [0.2, 0.25) is 0 Å². The highest BCUT2D eigenvalue weighted by molar-refractivity contribution is 9.11. The maximum atomic E-state index is 3.49. The lowest BCUT2D eigenvalue weighted by Crippen LogP contribution is -2.30. The van der Waals surface area contributed by atoms with E-state index in [9.17, 15) is 0 Å². The maximum Gasteiger partial charge on any atom is 0.0701 e. The molecule has 1 atom stereocenters. The Bertz CT molecular complexity index is 301. The molecule has 0 aliphatic rings. The van der Waals surface area contributed by atoms with Gasteiger partial charge in [-0.2, -0.15) is 0 Å². The fourth-order valence-electron chi connectivity index (χ4n) is 1.68. The Hall–Kier alpha value is 0.100. The van der Waals surface area contributed by atoms with Gasteiger partial charge in [0.05, 0.1) is 3.79 Å². The van der Waals surface area contributed by atoms with Crippen LogP contribution >= 0.6 is 27.3 Å². The van der Waals surface area contributed by atoms with E-state index in [1.54, 1.807) is 11.3 Å². The Morgan fingerprint density at radius 1 is 1.56 bits per heavy atom. The van der Waals surface area contributed by atoms with Gasteiger partial charge in [0.2, 0.25) is 0 Å². The highest BCUT2D eigenvalue weighted by Gasteiger charge is 2.05. The molecular weight excluding hydrogens is 284 g/mol. The minimum absolute atomic E-state index is 0.613. The van der Waals surface area contributed by atoms with Gasteiger partial charge in [-0.1, -0.05) is 6.92 Å². The van der Waals surface area contributed by atoms with Crippen LogP contribution in [0.1, 0.15) is 25.8 Å². The number of thiophene rings is 1. The average Bonchev–Trinajstić information content (AvgIpc) is 2.61. The molecule has 1 aromatic heterocycles. The fraction of sp³-hybridized carbons (Fsp3) is 0.667. The van der Waals surface area contributed by atoms with E-state index in [2.05, 4.69) is 58.5 Å². The summed E-state index contributed by atoms with van der Waals surface area (Å²) in [7, 11) is 2.18. The quantitative estimate of drug-likeness (QED) is 0.831. The van der Waals surface area contributed by atoms with Gasteiger partial charge in [-0.05, 0) is 66.4 Å². The van der Waals surface area contributed by atoms with Gasteiger partial charge in [0.25, 0.3) is 0 Å². The van der Waals surface area contributed by atoms with Gasteiger partial charge in [-0.15, -0.1) is 11.3 Å². The Morgan fingerprint density at radius 3 is 2.88 bits per heavy atom. The Labute approximate surface area is 111 Å². The molecule has 0 saturated carbocycles. The number of hydrogen-bond acceptors (Lipinski definition) is 3. The first-order chi connectivity index (χ1) is 7.61. The van der Waals surface area contributed by atoms with Gasteiger partial charge in [0.15, 0.2) is 0 Å². The summed E-state index contributed by atoms with van der Waals surface area (Å²) in [5, 5.41) is 5.65. The maximum absolute atomic E-state index is 3.49. The van der Waals surface area contributed by atoms with Gasteiger partial charge in [0.1, 0.15) is 0 Å². The van der Waals surface area contributed by atoms with Crippen molar-refractivity contribution in [2.45, 2.75) is 32.9 Å². The summed E-state index contributed by atoms with van der Waals surface area (Å²) in [5.74, 6) is 0. The van der Waals surface area contributed by atoms with Crippen molar-refractivity contribution in [3.8, 4) is 0 Å². The molecule has 1 unspecified atom stereocenters. The molecule has 0 aliphatic carbocycles. The molecule has 16 heavy (non-hydrogen) atoms. The molecule has 0 aromatic carbocycles. The van der Waals surface area contributed by atoms with Gasteiger partial charge >= 0.3 is 0 Å². The standard InChI is InChI=1S/C12H21BrN2S/c1-4-14-10(2)5-6-15(3)8-11-7-12(13)16-9-11/h7,9-10,14H,4-6,8H2,1-3H3. The first-order valence-electron chi connectivity index (χ1n) is 5.76. The lowest BCUT2D eigenvalue weighted by molar-refractivity contribution is 0.305. The summed E-state index contributed by atoms with van der Waals surface area (Å²) in [6, 6.07) is 2.82. The zero-order valence-electron chi connectivity index (χ0n) is 10.3. The number of nitrogens with one attached hydrogen (secondary N) is 1. The number of rotatable bonds is 7. The largest absolute Gasteiger partial charge is 0.314 e. The van der Waals surface area contributed by atoms with Crippen LogP contribution in [0.4, 0.5) is 0 Å². The molecule has 1 aromatic rings. The number of halogens is 1. The lowest BCUT2D eigenvalue weighted by Gasteiger charge is -2.19. The van der Waals surface area contributed by atoms with Crippen molar-refractivity contribution in [1.82, 2.24) is 10.2 Å². The van der Waals surface area contributed by atoms with Crippen molar-refractivity contribution in [1.29, 1.82) is 0 Å². The van der Waals surface area contributed by atoms with E-state index in [1.807, 2.05) is 0 Å². The van der Waals surface area contributed by atoms with Crippen LogP contribution in [-0.4, -0.2) is 31.1 Å². The highest BCUT2D eigenvalue weighted by Crippen LogP contribution is 2.21. The Morgan fingerprint density at radius 2 is 2.31 bits per heavy atom. The summed E-state index contributed by atoms with van der Waals surface area (Å²) in [6.07, 6.45) is 1.20. The molecule has 1 rings (SSSR count). The molecule has 0 bridgehead atoms. The van der Waals surface area contributed by atoms with Gasteiger partial charge in [-0.25, -0.2) is 0 Å². The van der Waals surface area contributed by atoms with Gasteiger partial charge in [-0.3, -0.25) is 0 Å². The van der Waals surface area contributed by atoms with Crippen LogP contribution in [-0.2, 0) is 6.54 Å². The molecule has 0 radical (unpaired) electrons. The highest BCUT2D eigenvalue weighted by atomic mass is 79.9. The molecule has 0 spiro atoms. The third kappa shape index (κ3) is 5.43. The van der Waals surface area contributed by atoms with E-state index in [1.165, 1.54) is 15.8 Å². The van der Waals surface area contributed by atoms with E-state index >= 15 is 0 Å². The molecule has 0 fully saturated rings. The van der Waals surface area contributed by atoms with E-state index in [4.69, 9.17) is 0 Å². The normalized spacial score (nSPS) is 13.3. The summed E-state index contributed by atoms with van der Waals surface area (Å²) < 4.78 is 1.22. The second-order valence-corrected chi connectivity index (χ2v) is 6.53. The van der Waals surface area contributed by atoms with E-state index in [-0.39, 0.29) is 0 Å². The zero-order valence-corrected chi connectivity index (χ0v) is 12.7. The number of hydrogen-bond donors (Lipinski definition) is 1. The SMILES string of the molecule is CCNC(C)CCN(C)Cc1csc(Br)c1. The molecule has 0 aliphatic heterocycles. The summed E-state index contributed by atoms with van der Waals surface area (Å²) in [6.45, 7) is 7.65. The van der Waals surface area contributed by atoms with Crippen molar-refractivity contribution in [2.75, 3.05) is 20.1 Å². The zero-order chi connectivity index (χ0) is 12.0. The fourth-order valence-corrected chi connectivity index (χ4v) is 2.88. The van der Waals surface area contributed by atoms with Crippen molar-refractivity contribution in [3.63, 3.8) is 0 Å². The van der Waals surface area contributed by atoms with Crippen LogP contribution in [0.5, 0.6) is 0 Å². The van der Waals surface area contributed by atoms with Gasteiger partial charge < -0.3 is 10.2 Å². The van der Waals surface area contributed by atoms with Crippen LogP contribution in [0.15, 0.2) is 15.2 Å². The second-order valence-electron chi connectivity index (χ2n) is 4.24. The molecule has 4 heteroatoms. The molecule has 0 amide bonds. The molecule has 2 nitrogen and oxygen atoms in total. The molecular formula is C12H21BrN2S.